The number of terminal acetylenes is 1. The first-order chi connectivity index (χ1) is 8.10. The Hall–Kier alpha value is -0.740. The van der Waals surface area contributed by atoms with E-state index in [1.807, 2.05) is 11.9 Å². The number of methoxy groups -OCH3 is 1. The first-order valence-corrected chi connectivity index (χ1v) is 6.54. The van der Waals surface area contributed by atoms with Crippen LogP contribution in [0.4, 0.5) is 0 Å². The van der Waals surface area contributed by atoms with Crippen molar-refractivity contribution in [1.82, 2.24) is 4.90 Å². The van der Waals surface area contributed by atoms with Gasteiger partial charge in [-0.1, -0.05) is 22.6 Å². The van der Waals surface area contributed by atoms with Gasteiger partial charge in [-0.25, -0.2) is 4.79 Å². The van der Waals surface area contributed by atoms with Crippen molar-refractivity contribution >= 4 is 28.6 Å². The minimum atomic E-state index is -0.277. The highest BCUT2D eigenvalue weighted by Crippen LogP contribution is 2.27. The number of nitrogens with zero attached hydrogens (tertiary/aromatic N) is 1. The fourth-order valence-electron chi connectivity index (χ4n) is 1.67. The lowest BCUT2D eigenvalue weighted by molar-refractivity contribution is -0.136. The molecule has 0 bridgehead atoms. The number of hydrogen-bond donors (Lipinski definition) is 0. The second-order valence-corrected chi connectivity index (χ2v) is 5.35. The zero-order valence-electron chi connectivity index (χ0n) is 9.98. The number of halogens is 1. The van der Waals surface area contributed by atoms with Gasteiger partial charge in [-0.3, -0.25) is 0 Å². The smallest absolute Gasteiger partial charge is 0.335 e. The lowest BCUT2D eigenvalue weighted by Crippen LogP contribution is -2.42. The molecule has 1 aliphatic rings. The van der Waals surface area contributed by atoms with Gasteiger partial charge in [0.05, 0.1) is 23.2 Å². The summed E-state index contributed by atoms with van der Waals surface area (Å²) in [6, 6.07) is 0. The summed E-state index contributed by atoms with van der Waals surface area (Å²) in [4.78, 5) is 13.3. The Morgan fingerprint density at radius 3 is 3.00 bits per heavy atom. The number of carbonyl (C=O) groups excluding carboxylic acids is 1. The summed E-state index contributed by atoms with van der Waals surface area (Å²) in [6.45, 7) is 0.534. The molecule has 5 heteroatoms. The third-order valence-electron chi connectivity index (χ3n) is 2.47. The van der Waals surface area contributed by atoms with E-state index >= 15 is 0 Å². The third-order valence-corrected chi connectivity index (χ3v) is 3.52. The summed E-state index contributed by atoms with van der Waals surface area (Å²) in [6.07, 6.45) is 8.16. The first-order valence-electron chi connectivity index (χ1n) is 5.30. The molecule has 0 saturated carbocycles. The van der Waals surface area contributed by atoms with Gasteiger partial charge in [-0.05, 0) is 6.42 Å². The normalized spacial score (nSPS) is 23.9. The van der Waals surface area contributed by atoms with Crippen LogP contribution in [0.1, 0.15) is 12.8 Å². The number of carbonyl (C=O) groups is 1. The zero-order valence-corrected chi connectivity index (χ0v) is 12.1. The van der Waals surface area contributed by atoms with Crippen molar-refractivity contribution in [3.8, 4) is 12.3 Å². The fourth-order valence-corrected chi connectivity index (χ4v) is 2.86. The lowest BCUT2D eigenvalue weighted by atomic mass is 10.1. The molecule has 0 radical (unpaired) electrons. The second kappa shape index (κ2) is 6.87. The summed E-state index contributed by atoms with van der Waals surface area (Å²) in [7, 11) is 3.27. The van der Waals surface area contributed by atoms with Crippen molar-refractivity contribution in [2.24, 2.45) is 0 Å². The predicted octanol–water partition coefficient (Wildman–Crippen LogP) is 1.55. The Labute approximate surface area is 115 Å². The van der Waals surface area contributed by atoms with Crippen molar-refractivity contribution in [1.29, 1.82) is 0 Å². The highest BCUT2D eigenvalue weighted by atomic mass is 127. The maximum Gasteiger partial charge on any atom is 0.335 e. The Morgan fingerprint density at radius 2 is 2.47 bits per heavy atom. The Bertz CT molecular complexity index is 348. The first kappa shape index (κ1) is 14.3. The van der Waals surface area contributed by atoms with Crippen molar-refractivity contribution in [2.45, 2.75) is 23.0 Å². The van der Waals surface area contributed by atoms with E-state index in [0.29, 0.717) is 25.0 Å². The molecule has 1 heterocycles. The average molecular weight is 349 g/mol. The zero-order chi connectivity index (χ0) is 12.8. The molecule has 0 aliphatic carbocycles. The van der Waals surface area contributed by atoms with E-state index in [-0.39, 0.29) is 16.1 Å². The van der Waals surface area contributed by atoms with Gasteiger partial charge in [-0.2, -0.15) is 0 Å². The molecule has 4 nitrogen and oxygen atoms in total. The molecule has 2 atom stereocenters. The largest absolute Gasteiger partial charge is 0.466 e. The van der Waals surface area contributed by atoms with Gasteiger partial charge in [0.25, 0.3) is 0 Å². The number of rotatable bonds is 4. The standard InChI is InChI=1S/C12H16INO3/c1-4-5-6-17-11-10(13)7-9(8-14(11)2)12(15)16-3/h1,8,10-11H,5-7H2,2-3H3/t10-,11+/m0/s1. The Balaban J connectivity index is 2.64. The third kappa shape index (κ3) is 3.89. The monoisotopic (exact) mass is 349 g/mol. The van der Waals surface area contributed by atoms with Crippen LogP contribution in [0, 0.1) is 12.3 Å². The molecular formula is C12H16INO3. The minimum Gasteiger partial charge on any atom is -0.466 e. The molecule has 0 aromatic rings. The molecule has 0 aromatic heterocycles. The number of alkyl halides is 1. The molecule has 0 fully saturated rings. The highest BCUT2D eigenvalue weighted by molar-refractivity contribution is 14.1. The molecule has 17 heavy (non-hydrogen) atoms. The van der Waals surface area contributed by atoms with E-state index in [1.54, 1.807) is 6.20 Å². The summed E-state index contributed by atoms with van der Waals surface area (Å²) in [5.41, 5.74) is 0.672. The van der Waals surface area contributed by atoms with Crippen molar-refractivity contribution in [3.05, 3.63) is 11.8 Å². The molecule has 0 amide bonds. The van der Waals surface area contributed by atoms with Crippen molar-refractivity contribution < 1.29 is 14.3 Å². The molecule has 0 aromatic carbocycles. The van der Waals surface area contributed by atoms with E-state index in [0.717, 1.165) is 0 Å². The molecule has 0 spiro atoms. The van der Waals surface area contributed by atoms with E-state index in [4.69, 9.17) is 15.9 Å². The van der Waals surface area contributed by atoms with Crippen LogP contribution in [-0.2, 0) is 14.3 Å². The Morgan fingerprint density at radius 1 is 1.76 bits per heavy atom. The number of ether oxygens (including phenoxy) is 2. The minimum absolute atomic E-state index is 0.0441. The van der Waals surface area contributed by atoms with Crippen molar-refractivity contribution in [2.75, 3.05) is 20.8 Å². The molecule has 0 saturated heterocycles. The van der Waals surface area contributed by atoms with Gasteiger partial charge in [0.2, 0.25) is 0 Å². The summed E-state index contributed by atoms with van der Waals surface area (Å²) < 4.78 is 10.6. The van der Waals surface area contributed by atoms with Crippen LogP contribution in [0.3, 0.4) is 0 Å². The number of hydrogen-bond acceptors (Lipinski definition) is 4. The lowest BCUT2D eigenvalue weighted by Gasteiger charge is -2.35. The van der Waals surface area contributed by atoms with E-state index in [2.05, 4.69) is 28.5 Å². The topological polar surface area (TPSA) is 38.8 Å². The van der Waals surface area contributed by atoms with Gasteiger partial charge in [0, 0.05) is 19.7 Å². The molecule has 94 valence electrons. The van der Waals surface area contributed by atoms with Gasteiger partial charge >= 0.3 is 5.97 Å². The molecular weight excluding hydrogens is 333 g/mol. The molecule has 0 N–H and O–H groups in total. The van der Waals surface area contributed by atoms with Crippen LogP contribution >= 0.6 is 22.6 Å². The van der Waals surface area contributed by atoms with Crippen LogP contribution in [0.2, 0.25) is 0 Å². The number of esters is 1. The van der Waals surface area contributed by atoms with Gasteiger partial charge in [0.15, 0.2) is 0 Å². The van der Waals surface area contributed by atoms with Crippen LogP contribution in [0.5, 0.6) is 0 Å². The van der Waals surface area contributed by atoms with Crippen LogP contribution < -0.4 is 0 Å². The maximum absolute atomic E-state index is 11.4. The summed E-state index contributed by atoms with van der Waals surface area (Å²) >= 11 is 2.28. The van der Waals surface area contributed by atoms with Gasteiger partial charge in [0.1, 0.15) is 6.23 Å². The Kier molecular flexibility index (Phi) is 5.78. The quantitative estimate of drug-likeness (QED) is 0.254. The van der Waals surface area contributed by atoms with E-state index in [9.17, 15) is 4.79 Å². The highest BCUT2D eigenvalue weighted by Gasteiger charge is 2.30. The second-order valence-electron chi connectivity index (χ2n) is 3.75. The fraction of sp³-hybridized carbons (Fsp3) is 0.583. The molecule has 1 aliphatic heterocycles. The average Bonchev–Trinajstić information content (AvgIpc) is 2.31. The predicted molar refractivity (Wildman–Crippen MR) is 73.5 cm³/mol. The van der Waals surface area contributed by atoms with Crippen LogP contribution in [-0.4, -0.2) is 41.8 Å². The summed E-state index contributed by atoms with van der Waals surface area (Å²) in [5, 5.41) is 0. The maximum atomic E-state index is 11.4. The molecule has 1 rings (SSSR count). The van der Waals surface area contributed by atoms with Crippen LogP contribution in [0.25, 0.3) is 0 Å². The van der Waals surface area contributed by atoms with Gasteiger partial charge in [-0.15, -0.1) is 12.3 Å². The van der Waals surface area contributed by atoms with E-state index < -0.39 is 0 Å². The molecule has 0 unspecified atom stereocenters. The van der Waals surface area contributed by atoms with Crippen molar-refractivity contribution in [3.63, 3.8) is 0 Å². The van der Waals surface area contributed by atoms with Crippen LogP contribution in [0.15, 0.2) is 11.8 Å². The summed E-state index contributed by atoms with van der Waals surface area (Å²) in [5.74, 6) is 2.26. The SMILES string of the molecule is C#CCCO[C@@H]1[C@@H](I)CC(C(=O)OC)=CN1C. The van der Waals surface area contributed by atoms with E-state index in [1.165, 1.54) is 7.11 Å². The van der Waals surface area contributed by atoms with Gasteiger partial charge < -0.3 is 14.4 Å².